The number of aliphatic hydroxyl groups excluding tert-OH is 2. The zero-order valence-corrected chi connectivity index (χ0v) is 18.6. The highest BCUT2D eigenvalue weighted by Gasteiger charge is 2.15. The van der Waals surface area contributed by atoms with Crippen molar-refractivity contribution in [3.05, 3.63) is 65.2 Å². The van der Waals surface area contributed by atoms with E-state index in [1.807, 2.05) is 13.0 Å². The van der Waals surface area contributed by atoms with Gasteiger partial charge in [0, 0.05) is 23.9 Å². The van der Waals surface area contributed by atoms with E-state index in [0.717, 1.165) is 30.0 Å². The number of carbonyl (C=O) groups excluding carboxylic acids is 1. The fraction of sp³-hybridized carbons (Fsp3) is 0.538. The van der Waals surface area contributed by atoms with Crippen LogP contribution in [0.4, 0.5) is 0 Å². The molecular formula is C26H37NO3. The van der Waals surface area contributed by atoms with Gasteiger partial charge >= 0.3 is 0 Å². The Labute approximate surface area is 181 Å². The summed E-state index contributed by atoms with van der Waals surface area (Å²) in [5.74, 6) is 1.08. The minimum absolute atomic E-state index is 0.104. The number of aryl methyl sites for hydroxylation is 2. The molecule has 0 radical (unpaired) electrons. The molecule has 0 aromatic carbocycles. The Hall–Kier alpha value is -2.20. The molecule has 1 atom stereocenters. The van der Waals surface area contributed by atoms with Crippen LogP contribution in [0.5, 0.6) is 0 Å². The smallest absolute Gasteiger partial charge is 0.164 e. The second kappa shape index (κ2) is 12.5. The van der Waals surface area contributed by atoms with E-state index < -0.39 is 6.10 Å². The zero-order valence-electron chi connectivity index (χ0n) is 18.6. The van der Waals surface area contributed by atoms with Gasteiger partial charge in [-0.05, 0) is 62.3 Å². The zero-order chi connectivity index (χ0) is 21.9. The molecule has 0 amide bonds. The number of nitrogens with zero attached hydrogens (tertiary/aromatic N) is 1. The first kappa shape index (κ1) is 24.1. The first-order valence-corrected chi connectivity index (χ1v) is 11.3. The summed E-state index contributed by atoms with van der Waals surface area (Å²) in [6.07, 6.45) is 16.5. The highest BCUT2D eigenvalue weighted by molar-refractivity contribution is 5.95. The van der Waals surface area contributed by atoms with Crippen molar-refractivity contribution >= 4 is 5.78 Å². The molecule has 4 nitrogen and oxygen atoms in total. The van der Waals surface area contributed by atoms with Crippen molar-refractivity contribution in [3.63, 3.8) is 0 Å². The van der Waals surface area contributed by atoms with Gasteiger partial charge in [-0.3, -0.25) is 9.78 Å². The Bertz CT molecular complexity index is 770. The van der Waals surface area contributed by atoms with Crippen LogP contribution < -0.4 is 0 Å². The standard InChI is InChI=1S/C26H37NO3/c1-19(25(29)13-7-9-20(2)28)15-16-23-17-24(18-27-21(23)3)26(30)14-8-12-22-10-5-4-6-11-22/h7,9,13,17-18,20,22,28-29H,1,4-6,8,10-12,14-16H2,2-3H3/b9-7-,25-13+. The van der Waals surface area contributed by atoms with Gasteiger partial charge < -0.3 is 10.2 Å². The van der Waals surface area contributed by atoms with E-state index >= 15 is 0 Å². The van der Waals surface area contributed by atoms with Crippen LogP contribution in [0.1, 0.15) is 86.3 Å². The number of ketones is 1. The Kier molecular flexibility index (Phi) is 10.0. The lowest BCUT2D eigenvalue weighted by Gasteiger charge is -2.21. The molecule has 1 aliphatic rings. The molecule has 1 saturated carbocycles. The van der Waals surface area contributed by atoms with Crippen LogP contribution in [-0.2, 0) is 6.42 Å². The fourth-order valence-corrected chi connectivity index (χ4v) is 3.99. The van der Waals surface area contributed by atoms with Crippen molar-refractivity contribution < 1.29 is 15.0 Å². The number of aliphatic hydroxyl groups is 2. The molecule has 1 unspecified atom stereocenters. The number of hydrogen-bond acceptors (Lipinski definition) is 4. The molecule has 0 spiro atoms. The van der Waals surface area contributed by atoms with Crippen LogP contribution in [0.15, 0.2) is 48.4 Å². The molecule has 1 aliphatic carbocycles. The second-order valence-corrected chi connectivity index (χ2v) is 8.57. The number of aromatic nitrogens is 1. The average Bonchev–Trinajstić information content (AvgIpc) is 2.73. The van der Waals surface area contributed by atoms with Gasteiger partial charge in [0.2, 0.25) is 0 Å². The summed E-state index contributed by atoms with van der Waals surface area (Å²) < 4.78 is 0. The monoisotopic (exact) mass is 411 g/mol. The number of Topliss-reactive ketones (excluding diaryl/α,β-unsaturated/α-hetero) is 1. The molecule has 0 aliphatic heterocycles. The molecule has 0 saturated heterocycles. The summed E-state index contributed by atoms with van der Waals surface area (Å²) >= 11 is 0. The molecule has 1 aromatic rings. The Balaban J connectivity index is 1.87. The maximum absolute atomic E-state index is 12.6. The summed E-state index contributed by atoms with van der Waals surface area (Å²) in [7, 11) is 0. The molecule has 1 fully saturated rings. The summed E-state index contributed by atoms with van der Waals surface area (Å²) in [6, 6.07) is 1.95. The largest absolute Gasteiger partial charge is 0.508 e. The molecule has 1 aromatic heterocycles. The molecule has 2 rings (SSSR count). The van der Waals surface area contributed by atoms with Crippen molar-refractivity contribution in [2.24, 2.45) is 5.92 Å². The van der Waals surface area contributed by atoms with E-state index in [1.165, 1.54) is 38.2 Å². The third-order valence-electron chi connectivity index (χ3n) is 5.96. The minimum Gasteiger partial charge on any atom is -0.508 e. The van der Waals surface area contributed by atoms with E-state index in [4.69, 9.17) is 0 Å². The lowest BCUT2D eigenvalue weighted by Crippen LogP contribution is -2.08. The van der Waals surface area contributed by atoms with Crippen LogP contribution in [0.2, 0.25) is 0 Å². The lowest BCUT2D eigenvalue weighted by atomic mass is 9.85. The first-order valence-electron chi connectivity index (χ1n) is 11.3. The van der Waals surface area contributed by atoms with E-state index in [1.54, 1.807) is 25.3 Å². The average molecular weight is 412 g/mol. The molecular weight excluding hydrogens is 374 g/mol. The minimum atomic E-state index is -0.556. The van der Waals surface area contributed by atoms with Gasteiger partial charge in [-0.15, -0.1) is 0 Å². The summed E-state index contributed by atoms with van der Waals surface area (Å²) in [6.45, 7) is 7.53. The Morgan fingerprint density at radius 2 is 2.03 bits per heavy atom. The number of carbonyl (C=O) groups is 1. The predicted octanol–water partition coefficient (Wildman–Crippen LogP) is 6.19. The molecule has 2 N–H and O–H groups in total. The predicted molar refractivity (Wildman–Crippen MR) is 123 cm³/mol. The highest BCUT2D eigenvalue weighted by atomic mass is 16.3. The van der Waals surface area contributed by atoms with Crippen molar-refractivity contribution in [1.82, 2.24) is 4.98 Å². The molecule has 0 bridgehead atoms. The van der Waals surface area contributed by atoms with E-state index in [9.17, 15) is 15.0 Å². The number of allylic oxidation sites excluding steroid dienone is 3. The number of hydrogen-bond donors (Lipinski definition) is 2. The van der Waals surface area contributed by atoms with Gasteiger partial charge in [0.05, 0.1) is 6.10 Å². The van der Waals surface area contributed by atoms with Crippen LogP contribution in [-0.4, -0.2) is 27.1 Å². The SMILES string of the molecule is C=C(CCc1cc(C(=O)CCCC2CCCCC2)cnc1C)/C(O)=C\C=C/C(C)O. The van der Waals surface area contributed by atoms with Crippen LogP contribution in [0.25, 0.3) is 0 Å². The van der Waals surface area contributed by atoms with Gasteiger partial charge in [-0.25, -0.2) is 0 Å². The summed E-state index contributed by atoms with van der Waals surface area (Å²) in [5.41, 5.74) is 3.22. The van der Waals surface area contributed by atoms with Crippen molar-refractivity contribution in [2.45, 2.75) is 84.2 Å². The van der Waals surface area contributed by atoms with E-state index in [-0.39, 0.29) is 11.5 Å². The van der Waals surface area contributed by atoms with Crippen LogP contribution in [0.3, 0.4) is 0 Å². The van der Waals surface area contributed by atoms with Crippen molar-refractivity contribution in [3.8, 4) is 0 Å². The number of rotatable bonds is 11. The number of pyridine rings is 1. The topological polar surface area (TPSA) is 70.4 Å². The van der Waals surface area contributed by atoms with Crippen molar-refractivity contribution in [2.75, 3.05) is 0 Å². The van der Waals surface area contributed by atoms with Gasteiger partial charge in [0.15, 0.2) is 5.78 Å². The second-order valence-electron chi connectivity index (χ2n) is 8.57. The van der Waals surface area contributed by atoms with Gasteiger partial charge in [0.25, 0.3) is 0 Å². The van der Waals surface area contributed by atoms with Gasteiger partial charge in [-0.2, -0.15) is 0 Å². The maximum atomic E-state index is 12.6. The van der Waals surface area contributed by atoms with E-state index in [0.29, 0.717) is 30.4 Å². The quantitative estimate of drug-likeness (QED) is 0.259. The molecule has 164 valence electrons. The first-order chi connectivity index (χ1) is 14.4. The third kappa shape index (κ3) is 8.27. The normalized spacial score (nSPS) is 16.7. The summed E-state index contributed by atoms with van der Waals surface area (Å²) in [4.78, 5) is 17.1. The third-order valence-corrected chi connectivity index (χ3v) is 5.96. The van der Waals surface area contributed by atoms with Gasteiger partial charge in [0.1, 0.15) is 5.76 Å². The Morgan fingerprint density at radius 1 is 1.30 bits per heavy atom. The maximum Gasteiger partial charge on any atom is 0.164 e. The van der Waals surface area contributed by atoms with Crippen LogP contribution >= 0.6 is 0 Å². The molecule has 4 heteroatoms. The molecule has 1 heterocycles. The van der Waals surface area contributed by atoms with Crippen LogP contribution in [0, 0.1) is 12.8 Å². The molecule has 30 heavy (non-hydrogen) atoms. The van der Waals surface area contributed by atoms with E-state index in [2.05, 4.69) is 11.6 Å². The lowest BCUT2D eigenvalue weighted by molar-refractivity contribution is 0.0976. The highest BCUT2D eigenvalue weighted by Crippen LogP contribution is 2.28. The van der Waals surface area contributed by atoms with Gasteiger partial charge in [-0.1, -0.05) is 57.3 Å². The fourth-order valence-electron chi connectivity index (χ4n) is 3.99. The van der Waals surface area contributed by atoms with Crippen molar-refractivity contribution in [1.29, 1.82) is 0 Å². The summed E-state index contributed by atoms with van der Waals surface area (Å²) in [5, 5.41) is 19.3. The Morgan fingerprint density at radius 3 is 2.73 bits per heavy atom.